The van der Waals surface area contributed by atoms with Crippen LogP contribution in [0.2, 0.25) is 5.02 Å². The van der Waals surface area contributed by atoms with Gasteiger partial charge in [0.25, 0.3) is 0 Å². The predicted molar refractivity (Wildman–Crippen MR) is 75.6 cm³/mol. The number of halogens is 1. The first-order chi connectivity index (χ1) is 8.66. The zero-order valence-electron chi connectivity index (χ0n) is 10.1. The van der Waals surface area contributed by atoms with Gasteiger partial charge in [-0.25, -0.2) is 0 Å². The van der Waals surface area contributed by atoms with Crippen LogP contribution in [0.4, 0.5) is 5.69 Å². The highest BCUT2D eigenvalue weighted by molar-refractivity contribution is 6.34. The molecule has 0 spiro atoms. The highest BCUT2D eigenvalue weighted by Crippen LogP contribution is 2.33. The molecule has 2 nitrogen and oxygen atoms in total. The van der Waals surface area contributed by atoms with E-state index in [0.717, 1.165) is 23.4 Å². The summed E-state index contributed by atoms with van der Waals surface area (Å²) in [7, 11) is 0. The Labute approximate surface area is 111 Å². The molecule has 0 fully saturated rings. The summed E-state index contributed by atoms with van der Waals surface area (Å²) in [6, 6.07) is 13.9. The lowest BCUT2D eigenvalue weighted by Crippen LogP contribution is -2.23. The highest BCUT2D eigenvalue weighted by atomic mass is 35.5. The van der Waals surface area contributed by atoms with Crippen LogP contribution in [-0.4, -0.2) is 5.84 Å². The molecule has 2 aromatic carbocycles. The zero-order valence-corrected chi connectivity index (χ0v) is 10.8. The van der Waals surface area contributed by atoms with Gasteiger partial charge in [0.05, 0.1) is 17.3 Å². The van der Waals surface area contributed by atoms with Gasteiger partial charge < -0.3 is 4.90 Å². The quantitative estimate of drug-likeness (QED) is 0.821. The summed E-state index contributed by atoms with van der Waals surface area (Å²) >= 11 is 6.25. The molecule has 18 heavy (non-hydrogen) atoms. The number of fused-ring (bicyclic) bond motifs is 1. The second-order valence-corrected chi connectivity index (χ2v) is 4.95. The molecule has 1 aliphatic rings. The number of hydrogen-bond donors (Lipinski definition) is 1. The van der Waals surface area contributed by atoms with E-state index in [-0.39, 0.29) is 0 Å². The Balaban J connectivity index is 2.06. The zero-order chi connectivity index (χ0) is 12.7. The third kappa shape index (κ3) is 1.70. The van der Waals surface area contributed by atoms with Crippen LogP contribution in [0.3, 0.4) is 0 Å². The van der Waals surface area contributed by atoms with E-state index in [1.165, 1.54) is 5.56 Å². The molecule has 0 aromatic heterocycles. The third-order valence-electron chi connectivity index (χ3n) is 3.26. The maximum Gasteiger partial charge on any atom is 0.133 e. The van der Waals surface area contributed by atoms with Crippen molar-refractivity contribution in [2.75, 3.05) is 4.90 Å². The van der Waals surface area contributed by atoms with Crippen molar-refractivity contribution in [1.82, 2.24) is 0 Å². The van der Waals surface area contributed by atoms with E-state index in [4.69, 9.17) is 17.0 Å². The second-order valence-electron chi connectivity index (χ2n) is 4.55. The van der Waals surface area contributed by atoms with Gasteiger partial charge in [-0.05, 0) is 30.2 Å². The summed E-state index contributed by atoms with van der Waals surface area (Å²) < 4.78 is 0. The molecular weight excluding hydrogens is 244 g/mol. The number of aryl methyl sites for hydroxylation is 1. The Hall–Kier alpha value is -1.80. The van der Waals surface area contributed by atoms with Gasteiger partial charge in [-0.2, -0.15) is 0 Å². The maximum absolute atomic E-state index is 8.26. The summed E-state index contributed by atoms with van der Waals surface area (Å²) in [5.74, 6) is 0.526. The van der Waals surface area contributed by atoms with Crippen LogP contribution in [0, 0.1) is 12.3 Å². The van der Waals surface area contributed by atoms with Crippen LogP contribution in [0.1, 0.15) is 16.7 Å². The van der Waals surface area contributed by atoms with E-state index in [9.17, 15) is 0 Å². The average molecular weight is 257 g/mol. The van der Waals surface area contributed by atoms with Crippen molar-refractivity contribution in [2.24, 2.45) is 0 Å². The Bertz CT molecular complexity index is 634. The summed E-state index contributed by atoms with van der Waals surface area (Å²) in [6.07, 6.45) is 0. The van der Waals surface area contributed by atoms with Crippen LogP contribution >= 0.6 is 11.6 Å². The van der Waals surface area contributed by atoms with Gasteiger partial charge in [-0.1, -0.05) is 41.9 Å². The van der Waals surface area contributed by atoms with Crippen molar-refractivity contribution in [3.8, 4) is 0 Å². The number of hydrogen-bond acceptors (Lipinski definition) is 1. The third-order valence-corrected chi connectivity index (χ3v) is 3.58. The predicted octanol–water partition coefficient (Wildman–Crippen LogP) is 3.99. The van der Waals surface area contributed by atoms with E-state index in [1.807, 2.05) is 48.2 Å². The van der Waals surface area contributed by atoms with Gasteiger partial charge in [0.1, 0.15) is 5.84 Å². The number of nitrogens with one attached hydrogen (secondary N) is 1. The number of rotatable bonds is 1. The van der Waals surface area contributed by atoms with Crippen molar-refractivity contribution in [3.05, 3.63) is 64.2 Å². The fourth-order valence-electron chi connectivity index (χ4n) is 2.32. The van der Waals surface area contributed by atoms with Gasteiger partial charge in [-0.15, -0.1) is 0 Å². The van der Waals surface area contributed by atoms with Gasteiger partial charge in [0.15, 0.2) is 0 Å². The van der Waals surface area contributed by atoms with Gasteiger partial charge in [0, 0.05) is 5.56 Å². The molecule has 1 heterocycles. The fraction of sp³-hybridized carbons (Fsp3) is 0.133. The lowest BCUT2D eigenvalue weighted by atomic mass is 10.1. The summed E-state index contributed by atoms with van der Waals surface area (Å²) in [5.41, 5.74) is 4.24. The molecule has 3 rings (SSSR count). The lowest BCUT2D eigenvalue weighted by Gasteiger charge is -2.20. The van der Waals surface area contributed by atoms with Gasteiger partial charge >= 0.3 is 0 Å². The van der Waals surface area contributed by atoms with Crippen molar-refractivity contribution in [3.63, 3.8) is 0 Å². The molecule has 2 aromatic rings. The molecule has 0 radical (unpaired) electrons. The molecule has 0 saturated heterocycles. The minimum atomic E-state index is 0.526. The molecule has 0 bridgehead atoms. The highest BCUT2D eigenvalue weighted by Gasteiger charge is 2.26. The fourth-order valence-corrected chi connectivity index (χ4v) is 2.54. The normalized spacial score (nSPS) is 13.9. The number of anilines is 1. The van der Waals surface area contributed by atoms with Crippen LogP contribution in [0.15, 0.2) is 42.5 Å². The van der Waals surface area contributed by atoms with Crippen LogP contribution in [0.5, 0.6) is 0 Å². The molecule has 0 aliphatic carbocycles. The van der Waals surface area contributed by atoms with Crippen LogP contribution in [0.25, 0.3) is 0 Å². The summed E-state index contributed by atoms with van der Waals surface area (Å²) in [5, 5.41) is 8.95. The largest absolute Gasteiger partial charge is 0.320 e. The molecule has 0 unspecified atom stereocenters. The van der Waals surface area contributed by atoms with E-state index < -0.39 is 0 Å². The van der Waals surface area contributed by atoms with Gasteiger partial charge in [-0.3, -0.25) is 5.41 Å². The van der Waals surface area contributed by atoms with Crippen molar-refractivity contribution in [1.29, 1.82) is 5.41 Å². The first-order valence-electron chi connectivity index (χ1n) is 5.87. The minimum absolute atomic E-state index is 0.526. The van der Waals surface area contributed by atoms with Crippen molar-refractivity contribution < 1.29 is 0 Å². The standard InChI is InChI=1S/C15H13ClN2/c1-10-6-7-13(16)14(8-10)18-9-11-4-2-3-5-12(11)15(18)17/h2-8,17H,9H2,1H3. The first kappa shape index (κ1) is 11.3. The van der Waals surface area contributed by atoms with Crippen LogP contribution in [-0.2, 0) is 6.54 Å². The van der Waals surface area contributed by atoms with Crippen LogP contribution < -0.4 is 4.90 Å². The monoisotopic (exact) mass is 256 g/mol. The van der Waals surface area contributed by atoms with E-state index >= 15 is 0 Å². The molecular formula is C15H13ClN2. The molecule has 3 heteroatoms. The lowest BCUT2D eigenvalue weighted by molar-refractivity contribution is 1.04. The first-order valence-corrected chi connectivity index (χ1v) is 6.25. The molecule has 1 aliphatic heterocycles. The topological polar surface area (TPSA) is 27.1 Å². The van der Waals surface area contributed by atoms with E-state index in [0.29, 0.717) is 10.9 Å². The molecule has 90 valence electrons. The van der Waals surface area contributed by atoms with Gasteiger partial charge in [0.2, 0.25) is 0 Å². The van der Waals surface area contributed by atoms with E-state index in [2.05, 4.69) is 6.07 Å². The summed E-state index contributed by atoms with van der Waals surface area (Å²) in [4.78, 5) is 1.96. The Kier molecular flexibility index (Phi) is 2.60. The summed E-state index contributed by atoms with van der Waals surface area (Å²) in [6.45, 7) is 2.75. The average Bonchev–Trinajstić information content (AvgIpc) is 2.71. The van der Waals surface area contributed by atoms with Crippen molar-refractivity contribution in [2.45, 2.75) is 13.5 Å². The number of nitrogens with zero attached hydrogens (tertiary/aromatic N) is 1. The number of benzene rings is 2. The minimum Gasteiger partial charge on any atom is -0.320 e. The molecule has 0 amide bonds. The smallest absolute Gasteiger partial charge is 0.133 e. The van der Waals surface area contributed by atoms with Crippen molar-refractivity contribution >= 4 is 23.1 Å². The Morgan fingerprint density at radius 1 is 1.17 bits per heavy atom. The Morgan fingerprint density at radius 3 is 2.72 bits per heavy atom. The second kappa shape index (κ2) is 4.14. The molecule has 0 saturated carbocycles. The Morgan fingerprint density at radius 2 is 1.94 bits per heavy atom. The SMILES string of the molecule is Cc1ccc(Cl)c(N2Cc3ccccc3C2=N)c1. The van der Waals surface area contributed by atoms with E-state index in [1.54, 1.807) is 0 Å². The number of amidine groups is 1. The maximum atomic E-state index is 8.26. The molecule has 0 atom stereocenters. The molecule has 1 N–H and O–H groups in total.